The van der Waals surface area contributed by atoms with Gasteiger partial charge in [0.05, 0.1) is 23.1 Å². The van der Waals surface area contributed by atoms with Crippen molar-refractivity contribution in [2.45, 2.75) is 37.3 Å². The van der Waals surface area contributed by atoms with Crippen LogP contribution < -0.4 is 5.01 Å². The van der Waals surface area contributed by atoms with E-state index in [1.165, 1.54) is 12.1 Å². The van der Waals surface area contributed by atoms with E-state index in [1.807, 2.05) is 6.92 Å². The average molecular weight is 515 g/mol. The fourth-order valence-corrected chi connectivity index (χ4v) is 3.94. The number of anilines is 1. The van der Waals surface area contributed by atoms with Gasteiger partial charge in [0.1, 0.15) is 5.82 Å². The molecule has 0 saturated heterocycles. The predicted molar refractivity (Wildman–Crippen MR) is 115 cm³/mol. The van der Waals surface area contributed by atoms with E-state index in [0.717, 1.165) is 17.7 Å². The second-order valence-electron chi connectivity index (χ2n) is 8.25. The van der Waals surface area contributed by atoms with Crippen molar-refractivity contribution in [3.05, 3.63) is 83.6 Å². The Bertz CT molecular complexity index is 1290. The maximum Gasteiger partial charge on any atom is 0.431 e. The van der Waals surface area contributed by atoms with Gasteiger partial charge < -0.3 is 5.11 Å². The fourth-order valence-electron chi connectivity index (χ4n) is 3.94. The van der Waals surface area contributed by atoms with Crippen molar-refractivity contribution in [2.24, 2.45) is 5.10 Å². The zero-order chi connectivity index (χ0) is 26.5. The van der Waals surface area contributed by atoms with Crippen LogP contribution in [0.1, 0.15) is 23.6 Å². The van der Waals surface area contributed by atoms with Gasteiger partial charge in [-0.3, -0.25) is 9.99 Å². The van der Waals surface area contributed by atoms with Crippen LogP contribution in [0.15, 0.2) is 65.9 Å². The molecule has 1 unspecified atom stereocenters. The van der Waals surface area contributed by atoms with Crippen molar-refractivity contribution in [2.75, 3.05) is 5.01 Å². The summed E-state index contributed by atoms with van der Waals surface area (Å²) in [6, 6.07) is 10.2. The van der Waals surface area contributed by atoms with Gasteiger partial charge in [-0.2, -0.15) is 31.4 Å². The molecule has 1 aliphatic rings. The molecule has 0 aliphatic carbocycles. The maximum atomic E-state index is 14.5. The largest absolute Gasteiger partial charge is 0.431 e. The summed E-state index contributed by atoms with van der Waals surface area (Å²) in [7, 11) is 0. The molecule has 2 aromatic carbocycles. The molecule has 0 saturated carbocycles. The van der Waals surface area contributed by atoms with E-state index in [9.17, 15) is 40.2 Å². The molecule has 190 valence electrons. The first kappa shape index (κ1) is 25.5. The molecule has 12 heteroatoms. The van der Waals surface area contributed by atoms with E-state index in [1.54, 1.807) is 30.5 Å². The molecule has 1 aliphatic heterocycles. The SMILES string of the molecule is Cc1ccnc(-c2ccc(C3CC(C(O)(C(F)(F)F)C(F)(F)F)=NN3c3ccc(F)cc3F)cc2)c1. The Morgan fingerprint density at radius 1 is 0.889 bits per heavy atom. The summed E-state index contributed by atoms with van der Waals surface area (Å²) in [4.78, 5) is 4.22. The average Bonchev–Trinajstić information content (AvgIpc) is 3.22. The highest BCUT2D eigenvalue weighted by molar-refractivity contribution is 5.97. The van der Waals surface area contributed by atoms with Gasteiger partial charge in [0.15, 0.2) is 5.82 Å². The molecule has 4 rings (SSSR count). The molecular weight excluding hydrogens is 498 g/mol. The molecule has 0 amide bonds. The lowest BCUT2D eigenvalue weighted by Gasteiger charge is -2.32. The molecule has 0 bridgehead atoms. The lowest BCUT2D eigenvalue weighted by molar-refractivity contribution is -0.338. The summed E-state index contributed by atoms with van der Waals surface area (Å²) in [6.45, 7) is 1.84. The van der Waals surface area contributed by atoms with Crippen molar-refractivity contribution in [3.63, 3.8) is 0 Å². The summed E-state index contributed by atoms with van der Waals surface area (Å²) in [5, 5.41) is 13.9. The minimum Gasteiger partial charge on any atom is -0.369 e. The van der Waals surface area contributed by atoms with Crippen molar-refractivity contribution in [1.29, 1.82) is 0 Å². The molecule has 0 fully saturated rings. The number of rotatable bonds is 4. The third kappa shape index (κ3) is 4.41. The number of hydrazone groups is 1. The smallest absolute Gasteiger partial charge is 0.369 e. The molecule has 0 radical (unpaired) electrons. The lowest BCUT2D eigenvalue weighted by atomic mass is 9.89. The number of hydrogen-bond acceptors (Lipinski definition) is 4. The van der Waals surface area contributed by atoms with Crippen LogP contribution in [0.5, 0.6) is 0 Å². The van der Waals surface area contributed by atoms with Crippen LogP contribution in [0.3, 0.4) is 0 Å². The van der Waals surface area contributed by atoms with Gasteiger partial charge >= 0.3 is 12.4 Å². The first-order chi connectivity index (χ1) is 16.7. The lowest BCUT2D eigenvalue weighted by Crippen LogP contribution is -2.62. The number of halogens is 8. The Morgan fingerprint density at radius 2 is 1.53 bits per heavy atom. The molecule has 4 nitrogen and oxygen atoms in total. The van der Waals surface area contributed by atoms with Crippen LogP contribution >= 0.6 is 0 Å². The van der Waals surface area contributed by atoms with Crippen LogP contribution in [-0.2, 0) is 0 Å². The Labute approximate surface area is 199 Å². The number of aliphatic hydroxyl groups is 1. The van der Waals surface area contributed by atoms with Crippen molar-refractivity contribution in [3.8, 4) is 11.3 Å². The Kier molecular flexibility index (Phi) is 6.27. The predicted octanol–water partition coefficient (Wildman–Crippen LogP) is 6.50. The number of pyridine rings is 1. The molecule has 1 atom stereocenters. The molecule has 36 heavy (non-hydrogen) atoms. The molecule has 1 N–H and O–H groups in total. The van der Waals surface area contributed by atoms with E-state index in [0.29, 0.717) is 22.3 Å². The number of benzene rings is 2. The maximum absolute atomic E-state index is 14.5. The highest BCUT2D eigenvalue weighted by Gasteiger charge is 2.74. The molecule has 3 aromatic rings. The minimum absolute atomic E-state index is 0.181. The highest BCUT2D eigenvalue weighted by atomic mass is 19.4. The Balaban J connectivity index is 1.80. The Morgan fingerprint density at radius 3 is 2.08 bits per heavy atom. The number of hydrogen-bond donors (Lipinski definition) is 1. The molecular formula is C24H17F8N3O. The van der Waals surface area contributed by atoms with Gasteiger partial charge in [-0.15, -0.1) is 0 Å². The van der Waals surface area contributed by atoms with Gasteiger partial charge in [0, 0.05) is 24.2 Å². The molecule has 1 aromatic heterocycles. The van der Waals surface area contributed by atoms with Crippen molar-refractivity contribution < 1.29 is 40.2 Å². The zero-order valence-corrected chi connectivity index (χ0v) is 18.4. The van der Waals surface area contributed by atoms with Gasteiger partial charge in [-0.05, 0) is 42.3 Å². The molecule has 0 spiro atoms. The first-order valence-corrected chi connectivity index (χ1v) is 10.4. The van der Waals surface area contributed by atoms with E-state index < -0.39 is 53.4 Å². The summed E-state index contributed by atoms with van der Waals surface area (Å²) < 4.78 is 109. The van der Waals surface area contributed by atoms with Gasteiger partial charge in [0.25, 0.3) is 5.60 Å². The van der Waals surface area contributed by atoms with Gasteiger partial charge in [0.2, 0.25) is 0 Å². The van der Waals surface area contributed by atoms with E-state index >= 15 is 0 Å². The van der Waals surface area contributed by atoms with E-state index in [2.05, 4.69) is 10.1 Å². The van der Waals surface area contributed by atoms with Crippen LogP contribution in [0.25, 0.3) is 11.3 Å². The molecule has 2 heterocycles. The quantitative estimate of drug-likeness (QED) is 0.404. The van der Waals surface area contributed by atoms with E-state index in [-0.39, 0.29) is 5.56 Å². The number of alkyl halides is 6. The summed E-state index contributed by atoms with van der Waals surface area (Å²) >= 11 is 0. The van der Waals surface area contributed by atoms with Crippen molar-refractivity contribution in [1.82, 2.24) is 4.98 Å². The second-order valence-corrected chi connectivity index (χ2v) is 8.25. The van der Waals surface area contributed by atoms with Crippen LogP contribution in [0, 0.1) is 18.6 Å². The normalized spacial score (nSPS) is 16.9. The topological polar surface area (TPSA) is 48.7 Å². The number of nitrogens with zero attached hydrogens (tertiary/aromatic N) is 3. The summed E-state index contributed by atoms with van der Waals surface area (Å²) in [6.07, 6.45) is -11.8. The van der Waals surface area contributed by atoms with Crippen LogP contribution in [-0.4, -0.2) is 33.8 Å². The van der Waals surface area contributed by atoms with Gasteiger partial charge in [-0.25, -0.2) is 8.78 Å². The van der Waals surface area contributed by atoms with Crippen LogP contribution in [0.2, 0.25) is 0 Å². The number of aryl methyl sites for hydroxylation is 1. The van der Waals surface area contributed by atoms with Crippen molar-refractivity contribution >= 4 is 11.4 Å². The summed E-state index contributed by atoms with van der Waals surface area (Å²) in [5.74, 6) is -2.26. The fraction of sp³-hybridized carbons (Fsp3) is 0.250. The van der Waals surface area contributed by atoms with Crippen LogP contribution in [0.4, 0.5) is 40.8 Å². The third-order valence-electron chi connectivity index (χ3n) is 5.81. The third-order valence-corrected chi connectivity index (χ3v) is 5.81. The highest BCUT2D eigenvalue weighted by Crippen LogP contribution is 2.49. The zero-order valence-electron chi connectivity index (χ0n) is 18.4. The monoisotopic (exact) mass is 515 g/mol. The summed E-state index contributed by atoms with van der Waals surface area (Å²) in [5.41, 5.74) is -5.21. The number of aromatic nitrogens is 1. The minimum atomic E-state index is -6.16. The van der Waals surface area contributed by atoms with Gasteiger partial charge in [-0.1, -0.05) is 24.3 Å². The standard InChI is InChI=1S/C24H17F8N3O/c1-13-8-9-33-18(10-13)14-2-4-15(5-3-14)20-12-21(22(36,23(27,28)29)24(30,31)32)34-35(20)19-7-6-16(25)11-17(19)26/h2-11,20,36H,12H2,1H3. The Hall–Kier alpha value is -3.54. The first-order valence-electron chi connectivity index (χ1n) is 10.4. The van der Waals surface area contributed by atoms with E-state index in [4.69, 9.17) is 0 Å². The second kappa shape index (κ2) is 8.84.